The van der Waals surface area contributed by atoms with E-state index in [0.29, 0.717) is 0 Å². The Morgan fingerprint density at radius 3 is 2.82 bits per heavy atom. The van der Waals surface area contributed by atoms with Crippen LogP contribution < -0.4 is 11.3 Å². The Labute approximate surface area is 74.9 Å². The smallest absolute Gasteiger partial charge is 0.0432 e. The van der Waals surface area contributed by atoms with Gasteiger partial charge in [0.2, 0.25) is 0 Å². The molecule has 3 heteroatoms. The lowest BCUT2D eigenvalue weighted by Gasteiger charge is -2.09. The molecule has 0 fully saturated rings. The maximum atomic E-state index is 5.29. The molecule has 11 heavy (non-hydrogen) atoms. The minimum Gasteiger partial charge on any atom is -0.271 e. The fourth-order valence-electron chi connectivity index (χ4n) is 0.872. The van der Waals surface area contributed by atoms with E-state index in [9.17, 15) is 0 Å². The average molecular weight is 215 g/mol. The Morgan fingerprint density at radius 1 is 1.55 bits per heavy atom. The summed E-state index contributed by atoms with van der Waals surface area (Å²) in [4.78, 5) is 0. The van der Waals surface area contributed by atoms with Gasteiger partial charge in [0.25, 0.3) is 0 Å². The standard InChI is InChI=1S/C8H11BrN2/c1-6(11-10)7-3-2-4-8(9)5-7/h2-6,11H,10H2,1H3. The monoisotopic (exact) mass is 214 g/mol. The van der Waals surface area contributed by atoms with Crippen molar-refractivity contribution in [3.8, 4) is 0 Å². The number of hydrazine groups is 1. The van der Waals surface area contributed by atoms with Gasteiger partial charge >= 0.3 is 0 Å². The van der Waals surface area contributed by atoms with Crippen LogP contribution in [0.1, 0.15) is 18.5 Å². The van der Waals surface area contributed by atoms with E-state index in [2.05, 4.69) is 21.4 Å². The first kappa shape index (κ1) is 8.71. The molecule has 2 nitrogen and oxygen atoms in total. The van der Waals surface area contributed by atoms with Gasteiger partial charge < -0.3 is 0 Å². The highest BCUT2D eigenvalue weighted by Gasteiger charge is 2.01. The normalized spacial score (nSPS) is 13.0. The van der Waals surface area contributed by atoms with Crippen molar-refractivity contribution in [3.63, 3.8) is 0 Å². The number of hydrogen-bond donors (Lipinski definition) is 2. The maximum absolute atomic E-state index is 5.29. The van der Waals surface area contributed by atoms with Crippen LogP contribution in [0.4, 0.5) is 0 Å². The molecule has 0 amide bonds. The van der Waals surface area contributed by atoms with Gasteiger partial charge in [0.15, 0.2) is 0 Å². The molecule has 0 radical (unpaired) electrons. The number of rotatable bonds is 2. The van der Waals surface area contributed by atoms with E-state index >= 15 is 0 Å². The summed E-state index contributed by atoms with van der Waals surface area (Å²) in [6.07, 6.45) is 0. The van der Waals surface area contributed by atoms with Crippen LogP contribution in [0.2, 0.25) is 0 Å². The van der Waals surface area contributed by atoms with Crippen molar-refractivity contribution in [1.29, 1.82) is 0 Å². The van der Waals surface area contributed by atoms with Crippen LogP contribution in [0.3, 0.4) is 0 Å². The molecule has 0 bridgehead atoms. The molecule has 1 aromatic carbocycles. The molecule has 0 aliphatic heterocycles. The zero-order valence-electron chi connectivity index (χ0n) is 6.34. The Balaban J connectivity index is 2.86. The van der Waals surface area contributed by atoms with Crippen LogP contribution in [0.25, 0.3) is 0 Å². The van der Waals surface area contributed by atoms with Gasteiger partial charge in [0, 0.05) is 10.5 Å². The van der Waals surface area contributed by atoms with E-state index in [0.717, 1.165) is 4.47 Å². The molecule has 0 heterocycles. The summed E-state index contributed by atoms with van der Waals surface area (Å²) in [6, 6.07) is 8.27. The molecule has 1 atom stereocenters. The molecule has 1 unspecified atom stereocenters. The van der Waals surface area contributed by atoms with Crippen molar-refractivity contribution >= 4 is 15.9 Å². The van der Waals surface area contributed by atoms with Gasteiger partial charge in [0.05, 0.1) is 0 Å². The van der Waals surface area contributed by atoms with Gasteiger partial charge in [-0.1, -0.05) is 28.1 Å². The van der Waals surface area contributed by atoms with Gasteiger partial charge in [-0.2, -0.15) is 0 Å². The highest BCUT2D eigenvalue weighted by molar-refractivity contribution is 9.10. The first-order chi connectivity index (χ1) is 5.24. The largest absolute Gasteiger partial charge is 0.271 e. The molecule has 0 aliphatic rings. The predicted octanol–water partition coefficient (Wildman–Crippen LogP) is 1.97. The number of hydrogen-bond acceptors (Lipinski definition) is 2. The number of nitrogens with two attached hydrogens (primary N) is 1. The third-order valence-corrected chi connectivity index (χ3v) is 2.09. The summed E-state index contributed by atoms with van der Waals surface area (Å²) < 4.78 is 1.08. The molecule has 60 valence electrons. The van der Waals surface area contributed by atoms with Crippen molar-refractivity contribution < 1.29 is 0 Å². The van der Waals surface area contributed by atoms with Gasteiger partial charge in [-0.3, -0.25) is 11.3 Å². The number of benzene rings is 1. The lowest BCUT2D eigenvalue weighted by atomic mass is 10.1. The first-order valence-corrected chi connectivity index (χ1v) is 4.25. The first-order valence-electron chi connectivity index (χ1n) is 3.45. The molecule has 0 saturated carbocycles. The Kier molecular flexibility index (Phi) is 3.05. The zero-order valence-corrected chi connectivity index (χ0v) is 7.93. The second-order valence-electron chi connectivity index (χ2n) is 2.44. The van der Waals surface area contributed by atoms with Crippen molar-refractivity contribution in [1.82, 2.24) is 5.43 Å². The van der Waals surface area contributed by atoms with Crippen molar-refractivity contribution in [2.24, 2.45) is 5.84 Å². The van der Waals surface area contributed by atoms with Crippen molar-refractivity contribution in [3.05, 3.63) is 34.3 Å². The number of nitrogens with one attached hydrogen (secondary N) is 1. The Morgan fingerprint density at radius 2 is 2.27 bits per heavy atom. The highest BCUT2D eigenvalue weighted by Crippen LogP contribution is 2.16. The molecule has 1 rings (SSSR count). The second-order valence-corrected chi connectivity index (χ2v) is 3.36. The molecule has 0 aromatic heterocycles. The average Bonchev–Trinajstić information content (AvgIpc) is 2.03. The summed E-state index contributed by atoms with van der Waals surface area (Å²) in [5, 5.41) is 0. The van der Waals surface area contributed by atoms with Gasteiger partial charge in [-0.05, 0) is 24.6 Å². The van der Waals surface area contributed by atoms with E-state index < -0.39 is 0 Å². The summed E-state index contributed by atoms with van der Waals surface area (Å²) >= 11 is 3.39. The molecule has 0 aliphatic carbocycles. The maximum Gasteiger partial charge on any atom is 0.0432 e. The van der Waals surface area contributed by atoms with Crippen molar-refractivity contribution in [2.45, 2.75) is 13.0 Å². The lowest BCUT2D eigenvalue weighted by Crippen LogP contribution is -2.25. The quantitative estimate of drug-likeness (QED) is 0.584. The summed E-state index contributed by atoms with van der Waals surface area (Å²) in [7, 11) is 0. The molecule has 3 N–H and O–H groups in total. The SMILES string of the molecule is CC(NN)c1cccc(Br)c1. The minimum atomic E-state index is 0.201. The van der Waals surface area contributed by atoms with E-state index in [1.807, 2.05) is 31.2 Å². The second kappa shape index (κ2) is 3.85. The third kappa shape index (κ3) is 2.29. The molecule has 1 aromatic rings. The Bertz CT molecular complexity index is 237. The fourth-order valence-corrected chi connectivity index (χ4v) is 1.29. The Hall–Kier alpha value is -0.380. The molecular formula is C8H11BrN2. The number of halogens is 1. The molecular weight excluding hydrogens is 204 g/mol. The summed E-state index contributed by atoms with van der Waals surface area (Å²) in [5.41, 5.74) is 3.87. The summed E-state index contributed by atoms with van der Waals surface area (Å²) in [6.45, 7) is 2.02. The lowest BCUT2D eigenvalue weighted by molar-refractivity contribution is 0.602. The van der Waals surface area contributed by atoms with E-state index in [1.165, 1.54) is 5.56 Å². The predicted molar refractivity (Wildman–Crippen MR) is 49.9 cm³/mol. The van der Waals surface area contributed by atoms with E-state index in [1.54, 1.807) is 0 Å². The van der Waals surface area contributed by atoms with Crippen molar-refractivity contribution in [2.75, 3.05) is 0 Å². The van der Waals surface area contributed by atoms with E-state index in [-0.39, 0.29) is 6.04 Å². The molecule has 0 saturated heterocycles. The summed E-state index contributed by atoms with van der Waals surface area (Å²) in [5.74, 6) is 5.29. The van der Waals surface area contributed by atoms with Crippen LogP contribution in [0.15, 0.2) is 28.7 Å². The fraction of sp³-hybridized carbons (Fsp3) is 0.250. The van der Waals surface area contributed by atoms with Crippen LogP contribution in [0, 0.1) is 0 Å². The van der Waals surface area contributed by atoms with Crippen LogP contribution in [-0.2, 0) is 0 Å². The molecule has 0 spiro atoms. The van der Waals surface area contributed by atoms with Crippen LogP contribution in [-0.4, -0.2) is 0 Å². The topological polar surface area (TPSA) is 38.0 Å². The van der Waals surface area contributed by atoms with E-state index in [4.69, 9.17) is 5.84 Å². The van der Waals surface area contributed by atoms with Gasteiger partial charge in [0.1, 0.15) is 0 Å². The minimum absolute atomic E-state index is 0.201. The van der Waals surface area contributed by atoms with Crippen LogP contribution >= 0.6 is 15.9 Å². The van der Waals surface area contributed by atoms with Gasteiger partial charge in [-0.25, -0.2) is 0 Å². The zero-order chi connectivity index (χ0) is 8.27. The van der Waals surface area contributed by atoms with Gasteiger partial charge in [-0.15, -0.1) is 0 Å². The highest BCUT2D eigenvalue weighted by atomic mass is 79.9. The third-order valence-electron chi connectivity index (χ3n) is 1.60. The van der Waals surface area contributed by atoms with Crippen LogP contribution in [0.5, 0.6) is 0 Å².